The lowest BCUT2D eigenvalue weighted by molar-refractivity contribution is -0.110. The molecule has 0 spiro atoms. The smallest absolute Gasteiger partial charge is 0.152 e. The van der Waals surface area contributed by atoms with E-state index in [0.29, 0.717) is 0 Å². The number of carbonyl (C=O) groups is 1. The molecule has 0 N–H and O–H groups in total. The summed E-state index contributed by atoms with van der Waals surface area (Å²) in [5, 5.41) is 0. The van der Waals surface area contributed by atoms with Crippen LogP contribution in [-0.2, 0) is 4.79 Å². The van der Waals surface area contributed by atoms with E-state index in [4.69, 9.17) is 11.6 Å². The van der Waals surface area contributed by atoms with Crippen molar-refractivity contribution in [3.63, 3.8) is 0 Å². The predicted molar refractivity (Wildman–Crippen MR) is 44.8 cm³/mol. The number of halogens is 1. The first kappa shape index (κ1) is 8.97. The van der Waals surface area contributed by atoms with Crippen LogP contribution in [0.25, 0.3) is 0 Å². The maximum Gasteiger partial charge on any atom is 0.152 e. The Morgan fingerprint density at radius 1 is 1.36 bits per heavy atom. The first-order valence-electron chi connectivity index (χ1n) is 3.76. The number of piperazine rings is 1. The Bertz CT molecular complexity index is 134. The summed E-state index contributed by atoms with van der Waals surface area (Å²) in [4.78, 5) is 14.5. The summed E-state index contributed by atoms with van der Waals surface area (Å²) >= 11 is 5.73. The van der Waals surface area contributed by atoms with Crippen molar-refractivity contribution >= 4 is 17.9 Å². The van der Waals surface area contributed by atoms with Crippen LogP contribution in [0.3, 0.4) is 0 Å². The molecule has 0 aromatic heterocycles. The van der Waals surface area contributed by atoms with Crippen LogP contribution in [0.5, 0.6) is 0 Å². The van der Waals surface area contributed by atoms with Crippen LogP contribution in [0.15, 0.2) is 0 Å². The Labute approximate surface area is 71.9 Å². The maximum atomic E-state index is 10.3. The van der Waals surface area contributed by atoms with E-state index < -0.39 is 5.50 Å². The zero-order chi connectivity index (χ0) is 8.27. The summed E-state index contributed by atoms with van der Waals surface area (Å²) in [6.45, 7) is 3.78. The van der Waals surface area contributed by atoms with Gasteiger partial charge in [0.05, 0.1) is 0 Å². The van der Waals surface area contributed by atoms with Gasteiger partial charge in [-0.15, -0.1) is 0 Å². The molecule has 0 saturated carbocycles. The second kappa shape index (κ2) is 4.04. The van der Waals surface area contributed by atoms with Crippen LogP contribution >= 0.6 is 11.6 Å². The molecule has 1 saturated heterocycles. The highest BCUT2D eigenvalue weighted by atomic mass is 35.5. The lowest BCUT2D eigenvalue weighted by atomic mass is 10.3. The van der Waals surface area contributed by atoms with Crippen LogP contribution < -0.4 is 0 Å². The van der Waals surface area contributed by atoms with Crippen molar-refractivity contribution in [1.29, 1.82) is 0 Å². The van der Waals surface area contributed by atoms with Gasteiger partial charge < -0.3 is 9.69 Å². The third-order valence-electron chi connectivity index (χ3n) is 2.00. The van der Waals surface area contributed by atoms with E-state index in [-0.39, 0.29) is 0 Å². The first-order chi connectivity index (χ1) is 5.24. The summed E-state index contributed by atoms with van der Waals surface area (Å²) in [6.07, 6.45) is 0.785. The highest BCUT2D eigenvalue weighted by molar-refractivity contribution is 6.27. The SMILES string of the molecule is CN1CCN(C(Cl)C=O)CC1. The van der Waals surface area contributed by atoms with E-state index in [1.807, 2.05) is 4.90 Å². The minimum Gasteiger partial charge on any atom is -0.304 e. The van der Waals surface area contributed by atoms with Crippen molar-refractivity contribution in [3.05, 3.63) is 0 Å². The fourth-order valence-corrected chi connectivity index (χ4v) is 1.35. The van der Waals surface area contributed by atoms with Crippen molar-refractivity contribution in [2.75, 3.05) is 33.2 Å². The first-order valence-corrected chi connectivity index (χ1v) is 4.19. The second-order valence-electron chi connectivity index (χ2n) is 2.85. The highest BCUT2D eigenvalue weighted by Gasteiger charge is 2.19. The Morgan fingerprint density at radius 3 is 2.36 bits per heavy atom. The molecule has 1 atom stereocenters. The summed E-state index contributed by atoms with van der Waals surface area (Å²) < 4.78 is 0. The normalized spacial score (nSPS) is 24.9. The molecule has 64 valence electrons. The van der Waals surface area contributed by atoms with Gasteiger partial charge in [-0.2, -0.15) is 0 Å². The van der Waals surface area contributed by atoms with Crippen LogP contribution in [0.1, 0.15) is 0 Å². The van der Waals surface area contributed by atoms with Crippen LogP contribution in [0, 0.1) is 0 Å². The molecule has 0 amide bonds. The summed E-state index contributed by atoms with van der Waals surface area (Å²) in [5.41, 5.74) is -0.427. The molecule has 0 radical (unpaired) electrons. The van der Waals surface area contributed by atoms with E-state index in [9.17, 15) is 4.79 Å². The molecular weight excluding hydrogens is 164 g/mol. The van der Waals surface area contributed by atoms with Gasteiger partial charge in [-0.25, -0.2) is 0 Å². The molecular formula is C7H13ClN2O. The summed E-state index contributed by atoms with van der Waals surface area (Å²) in [7, 11) is 2.07. The van der Waals surface area contributed by atoms with Gasteiger partial charge in [-0.05, 0) is 7.05 Å². The van der Waals surface area contributed by atoms with Gasteiger partial charge in [0.1, 0.15) is 5.50 Å². The molecule has 0 aromatic rings. The van der Waals surface area contributed by atoms with Crippen molar-refractivity contribution < 1.29 is 4.79 Å². The van der Waals surface area contributed by atoms with Crippen molar-refractivity contribution in [3.8, 4) is 0 Å². The van der Waals surface area contributed by atoms with Gasteiger partial charge in [-0.3, -0.25) is 4.90 Å². The molecule has 1 unspecified atom stereocenters. The number of likely N-dealkylation sites (N-methyl/N-ethyl adjacent to an activating group) is 1. The third-order valence-corrected chi connectivity index (χ3v) is 2.38. The van der Waals surface area contributed by atoms with Crippen LogP contribution in [-0.4, -0.2) is 54.8 Å². The summed E-state index contributed by atoms with van der Waals surface area (Å²) in [6, 6.07) is 0. The summed E-state index contributed by atoms with van der Waals surface area (Å²) in [5.74, 6) is 0. The van der Waals surface area contributed by atoms with E-state index in [0.717, 1.165) is 32.5 Å². The van der Waals surface area contributed by atoms with Crippen LogP contribution in [0.4, 0.5) is 0 Å². The number of nitrogens with zero attached hydrogens (tertiary/aromatic N) is 2. The molecule has 1 aliphatic heterocycles. The Kier molecular flexibility index (Phi) is 3.30. The third kappa shape index (κ3) is 2.43. The molecule has 0 aromatic carbocycles. The second-order valence-corrected chi connectivity index (χ2v) is 3.30. The number of carbonyl (C=O) groups excluding carboxylic acids is 1. The zero-order valence-electron chi connectivity index (χ0n) is 6.66. The van der Waals surface area contributed by atoms with Crippen molar-refractivity contribution in [2.24, 2.45) is 0 Å². The molecule has 3 nitrogen and oxygen atoms in total. The average Bonchev–Trinajstić information content (AvgIpc) is 2.05. The fraction of sp³-hybridized carbons (Fsp3) is 0.857. The Hall–Kier alpha value is -0.120. The minimum atomic E-state index is -0.427. The lowest BCUT2D eigenvalue weighted by Gasteiger charge is -2.33. The van der Waals surface area contributed by atoms with Crippen molar-refractivity contribution in [1.82, 2.24) is 9.80 Å². The average molecular weight is 177 g/mol. The zero-order valence-corrected chi connectivity index (χ0v) is 7.42. The van der Waals surface area contributed by atoms with Gasteiger partial charge in [-0.1, -0.05) is 11.6 Å². The molecule has 1 aliphatic rings. The molecule has 4 heteroatoms. The van der Waals surface area contributed by atoms with Crippen molar-refractivity contribution in [2.45, 2.75) is 5.50 Å². The quantitative estimate of drug-likeness (QED) is 0.336. The number of hydrogen-bond donors (Lipinski definition) is 0. The Balaban J connectivity index is 2.32. The van der Waals surface area contributed by atoms with Gasteiger partial charge in [0.2, 0.25) is 0 Å². The maximum absolute atomic E-state index is 10.3. The molecule has 11 heavy (non-hydrogen) atoms. The molecule has 1 rings (SSSR count). The number of aldehydes is 1. The van der Waals surface area contributed by atoms with Gasteiger partial charge in [0.15, 0.2) is 6.29 Å². The molecule has 1 heterocycles. The molecule has 1 fully saturated rings. The van der Waals surface area contributed by atoms with Gasteiger partial charge >= 0.3 is 0 Å². The highest BCUT2D eigenvalue weighted by Crippen LogP contribution is 2.05. The topological polar surface area (TPSA) is 23.6 Å². The Morgan fingerprint density at radius 2 is 1.91 bits per heavy atom. The standard InChI is InChI=1S/C7H13ClN2O/c1-9-2-4-10(5-3-9)7(8)6-11/h6-7H,2-5H2,1H3. The van der Waals surface area contributed by atoms with E-state index in [1.54, 1.807) is 0 Å². The minimum absolute atomic E-state index is 0.427. The molecule has 0 bridgehead atoms. The van der Waals surface area contributed by atoms with Crippen LogP contribution in [0.2, 0.25) is 0 Å². The van der Waals surface area contributed by atoms with E-state index in [2.05, 4.69) is 11.9 Å². The predicted octanol–water partition coefficient (Wildman–Crippen LogP) is -0.00240. The lowest BCUT2D eigenvalue weighted by Crippen LogP contribution is -2.47. The fourth-order valence-electron chi connectivity index (χ4n) is 1.15. The van der Waals surface area contributed by atoms with E-state index in [1.165, 1.54) is 0 Å². The van der Waals surface area contributed by atoms with E-state index >= 15 is 0 Å². The largest absolute Gasteiger partial charge is 0.304 e. The van der Waals surface area contributed by atoms with Gasteiger partial charge in [0, 0.05) is 26.2 Å². The number of alkyl halides is 1. The number of rotatable bonds is 2. The number of hydrogen-bond acceptors (Lipinski definition) is 3. The van der Waals surface area contributed by atoms with Gasteiger partial charge in [0.25, 0.3) is 0 Å². The monoisotopic (exact) mass is 176 g/mol. The molecule has 0 aliphatic carbocycles.